The van der Waals surface area contributed by atoms with Gasteiger partial charge in [0.15, 0.2) is 0 Å². The zero-order chi connectivity index (χ0) is 13.5. The molecular formula is C15H26N4. The van der Waals surface area contributed by atoms with Crippen LogP contribution in [0.4, 0.5) is 11.8 Å². The van der Waals surface area contributed by atoms with Crippen molar-refractivity contribution in [2.75, 3.05) is 29.9 Å². The van der Waals surface area contributed by atoms with Gasteiger partial charge in [-0.05, 0) is 26.2 Å². The second-order valence-corrected chi connectivity index (χ2v) is 5.37. The van der Waals surface area contributed by atoms with Crippen LogP contribution >= 0.6 is 0 Å². The van der Waals surface area contributed by atoms with E-state index in [4.69, 9.17) is 0 Å². The van der Waals surface area contributed by atoms with Crippen LogP contribution in [0.3, 0.4) is 0 Å². The van der Waals surface area contributed by atoms with E-state index >= 15 is 0 Å². The van der Waals surface area contributed by atoms with Crippen LogP contribution in [0.1, 0.15) is 51.1 Å². The second kappa shape index (κ2) is 7.31. The van der Waals surface area contributed by atoms with Gasteiger partial charge in [-0.1, -0.05) is 26.2 Å². The van der Waals surface area contributed by atoms with Crippen molar-refractivity contribution < 1.29 is 0 Å². The van der Waals surface area contributed by atoms with E-state index in [1.807, 2.05) is 6.92 Å². The van der Waals surface area contributed by atoms with Gasteiger partial charge in [0.05, 0.1) is 0 Å². The Morgan fingerprint density at radius 2 is 1.79 bits per heavy atom. The fourth-order valence-corrected chi connectivity index (χ4v) is 2.51. The summed E-state index contributed by atoms with van der Waals surface area (Å²) < 4.78 is 0. The molecule has 1 aromatic rings. The fourth-order valence-electron chi connectivity index (χ4n) is 2.51. The largest absolute Gasteiger partial charge is 0.356 e. The zero-order valence-electron chi connectivity index (χ0n) is 12.3. The molecule has 0 saturated carbocycles. The molecule has 2 heterocycles. The van der Waals surface area contributed by atoms with Crippen molar-refractivity contribution in [3.8, 4) is 0 Å². The molecule has 1 saturated heterocycles. The molecule has 0 amide bonds. The molecule has 1 aromatic heterocycles. The third-order valence-electron chi connectivity index (χ3n) is 3.55. The van der Waals surface area contributed by atoms with Crippen LogP contribution in [0.5, 0.6) is 0 Å². The summed E-state index contributed by atoms with van der Waals surface area (Å²) in [5, 5.41) is 3.29. The highest BCUT2D eigenvalue weighted by molar-refractivity contribution is 5.44. The van der Waals surface area contributed by atoms with Gasteiger partial charge in [0.2, 0.25) is 5.95 Å². The van der Waals surface area contributed by atoms with Crippen LogP contribution in [-0.4, -0.2) is 29.6 Å². The molecule has 4 heteroatoms. The van der Waals surface area contributed by atoms with E-state index in [-0.39, 0.29) is 0 Å². The summed E-state index contributed by atoms with van der Waals surface area (Å²) in [6, 6.07) is 2.11. The lowest BCUT2D eigenvalue weighted by Gasteiger charge is -2.26. The molecule has 1 N–H and O–H groups in total. The summed E-state index contributed by atoms with van der Waals surface area (Å²) in [4.78, 5) is 11.6. The first-order valence-corrected chi connectivity index (χ1v) is 7.64. The summed E-state index contributed by atoms with van der Waals surface area (Å²) >= 11 is 0. The zero-order valence-corrected chi connectivity index (χ0v) is 12.3. The van der Waals surface area contributed by atoms with E-state index < -0.39 is 0 Å². The highest BCUT2D eigenvalue weighted by Crippen LogP contribution is 2.19. The first-order valence-electron chi connectivity index (χ1n) is 7.64. The molecule has 0 aliphatic carbocycles. The lowest BCUT2D eigenvalue weighted by molar-refractivity contribution is 0.553. The molecule has 2 rings (SSSR count). The molecule has 106 valence electrons. The first-order chi connectivity index (χ1) is 9.29. The third kappa shape index (κ3) is 4.37. The predicted molar refractivity (Wildman–Crippen MR) is 80.8 cm³/mol. The number of aryl methyl sites for hydroxylation is 1. The SMILES string of the molecule is CCCNc1nc(C)cc(N2CCCCCCC2)n1. The molecule has 0 radical (unpaired) electrons. The highest BCUT2D eigenvalue weighted by Gasteiger charge is 2.12. The van der Waals surface area contributed by atoms with Crippen molar-refractivity contribution in [3.63, 3.8) is 0 Å². The Balaban J connectivity index is 2.10. The normalized spacial score (nSPS) is 16.8. The maximum absolute atomic E-state index is 4.67. The van der Waals surface area contributed by atoms with Crippen molar-refractivity contribution in [2.45, 2.75) is 52.4 Å². The Kier molecular flexibility index (Phi) is 5.43. The van der Waals surface area contributed by atoms with Crippen molar-refractivity contribution in [1.29, 1.82) is 0 Å². The van der Waals surface area contributed by atoms with E-state index in [1.165, 1.54) is 32.1 Å². The van der Waals surface area contributed by atoms with Crippen molar-refractivity contribution in [2.24, 2.45) is 0 Å². The number of hydrogen-bond acceptors (Lipinski definition) is 4. The van der Waals surface area contributed by atoms with Gasteiger partial charge in [0, 0.05) is 31.4 Å². The number of nitrogens with one attached hydrogen (secondary N) is 1. The van der Waals surface area contributed by atoms with Crippen molar-refractivity contribution >= 4 is 11.8 Å². The van der Waals surface area contributed by atoms with E-state index in [9.17, 15) is 0 Å². The molecule has 1 aliphatic rings. The van der Waals surface area contributed by atoms with E-state index in [1.54, 1.807) is 0 Å². The van der Waals surface area contributed by atoms with Gasteiger partial charge >= 0.3 is 0 Å². The van der Waals surface area contributed by atoms with Gasteiger partial charge in [0.1, 0.15) is 5.82 Å². The maximum atomic E-state index is 4.67. The van der Waals surface area contributed by atoms with Crippen molar-refractivity contribution in [3.05, 3.63) is 11.8 Å². The van der Waals surface area contributed by atoms with Crippen LogP contribution in [0, 0.1) is 6.92 Å². The van der Waals surface area contributed by atoms with Crippen LogP contribution in [-0.2, 0) is 0 Å². The molecule has 0 bridgehead atoms. The highest BCUT2D eigenvalue weighted by atomic mass is 15.2. The quantitative estimate of drug-likeness (QED) is 0.903. The molecule has 1 aliphatic heterocycles. The Morgan fingerprint density at radius 3 is 2.47 bits per heavy atom. The Labute approximate surface area is 116 Å². The fraction of sp³-hybridized carbons (Fsp3) is 0.733. The van der Waals surface area contributed by atoms with E-state index in [2.05, 4.69) is 33.2 Å². The Bertz CT molecular complexity index is 384. The summed E-state index contributed by atoms with van der Waals surface area (Å²) in [6.07, 6.45) is 7.74. The van der Waals surface area contributed by atoms with Crippen LogP contribution in [0.25, 0.3) is 0 Å². The second-order valence-electron chi connectivity index (χ2n) is 5.37. The molecule has 0 spiro atoms. The van der Waals surface area contributed by atoms with E-state index in [0.29, 0.717) is 0 Å². The summed E-state index contributed by atoms with van der Waals surface area (Å²) in [7, 11) is 0. The summed E-state index contributed by atoms with van der Waals surface area (Å²) in [6.45, 7) is 7.39. The molecule has 0 atom stereocenters. The predicted octanol–water partition coefficient (Wildman–Crippen LogP) is 3.38. The smallest absolute Gasteiger partial charge is 0.224 e. The Hall–Kier alpha value is -1.32. The average Bonchev–Trinajstić information content (AvgIpc) is 2.35. The first kappa shape index (κ1) is 14.1. The summed E-state index contributed by atoms with van der Waals surface area (Å²) in [5.74, 6) is 1.87. The molecule has 4 nitrogen and oxygen atoms in total. The minimum atomic E-state index is 0.777. The minimum absolute atomic E-state index is 0.777. The van der Waals surface area contributed by atoms with Gasteiger partial charge < -0.3 is 10.2 Å². The van der Waals surface area contributed by atoms with Gasteiger partial charge in [-0.15, -0.1) is 0 Å². The number of anilines is 2. The molecular weight excluding hydrogens is 236 g/mol. The molecule has 0 unspecified atom stereocenters. The lowest BCUT2D eigenvalue weighted by Crippen LogP contribution is -2.28. The lowest BCUT2D eigenvalue weighted by atomic mass is 10.1. The van der Waals surface area contributed by atoms with Crippen LogP contribution in [0.15, 0.2) is 6.07 Å². The molecule has 1 fully saturated rings. The molecule has 19 heavy (non-hydrogen) atoms. The molecule has 0 aromatic carbocycles. The number of nitrogens with zero attached hydrogens (tertiary/aromatic N) is 3. The standard InChI is InChI=1S/C15H26N4/c1-3-9-16-15-17-13(2)12-14(18-15)19-10-7-5-4-6-8-11-19/h12H,3-11H2,1-2H3,(H,16,17,18). The summed E-state index contributed by atoms with van der Waals surface area (Å²) in [5.41, 5.74) is 1.05. The number of aromatic nitrogens is 2. The van der Waals surface area contributed by atoms with Gasteiger partial charge in [-0.3, -0.25) is 0 Å². The van der Waals surface area contributed by atoms with Crippen molar-refractivity contribution in [1.82, 2.24) is 9.97 Å². The Morgan fingerprint density at radius 1 is 1.11 bits per heavy atom. The topological polar surface area (TPSA) is 41.1 Å². The third-order valence-corrected chi connectivity index (χ3v) is 3.55. The van der Waals surface area contributed by atoms with Gasteiger partial charge in [-0.2, -0.15) is 4.98 Å². The van der Waals surface area contributed by atoms with Crippen LogP contribution < -0.4 is 10.2 Å². The van der Waals surface area contributed by atoms with Gasteiger partial charge in [-0.25, -0.2) is 4.98 Å². The van der Waals surface area contributed by atoms with Gasteiger partial charge in [0.25, 0.3) is 0 Å². The minimum Gasteiger partial charge on any atom is -0.356 e. The number of hydrogen-bond donors (Lipinski definition) is 1. The van der Waals surface area contributed by atoms with Crippen LogP contribution in [0.2, 0.25) is 0 Å². The maximum Gasteiger partial charge on any atom is 0.224 e. The number of rotatable bonds is 4. The monoisotopic (exact) mass is 262 g/mol. The van der Waals surface area contributed by atoms with E-state index in [0.717, 1.165) is 43.5 Å². The average molecular weight is 262 g/mol.